The molecule has 3 heteroatoms. The lowest BCUT2D eigenvalue weighted by molar-refractivity contribution is 0.300. The van der Waals surface area contributed by atoms with E-state index in [9.17, 15) is 0 Å². The molecule has 0 aliphatic rings. The van der Waals surface area contributed by atoms with Gasteiger partial charge in [0.15, 0.2) is 0 Å². The smallest absolute Gasteiger partial charge is 0.123 e. The van der Waals surface area contributed by atoms with Crippen molar-refractivity contribution >= 4 is 0 Å². The second kappa shape index (κ2) is 8.11. The van der Waals surface area contributed by atoms with Gasteiger partial charge >= 0.3 is 0 Å². The Morgan fingerprint density at radius 2 is 2.00 bits per heavy atom. The van der Waals surface area contributed by atoms with Gasteiger partial charge in [-0.2, -0.15) is 0 Å². The summed E-state index contributed by atoms with van der Waals surface area (Å²) in [5.41, 5.74) is 7.26. The summed E-state index contributed by atoms with van der Waals surface area (Å²) in [5, 5.41) is 0. The number of nitrogens with zero attached hydrogens (tertiary/aromatic N) is 1. The molecule has 1 atom stereocenters. The molecule has 0 heterocycles. The van der Waals surface area contributed by atoms with Crippen molar-refractivity contribution in [3.63, 3.8) is 0 Å². The number of nitrogens with two attached hydrogens (primary N) is 1. The summed E-state index contributed by atoms with van der Waals surface area (Å²) < 4.78 is 5.36. The maximum atomic E-state index is 6.03. The number of para-hydroxylation sites is 1. The molecule has 0 aliphatic carbocycles. The van der Waals surface area contributed by atoms with Gasteiger partial charge in [0.2, 0.25) is 0 Å². The molecule has 0 saturated heterocycles. The molecule has 0 aromatic heterocycles. The molecule has 0 bridgehead atoms. The third kappa shape index (κ3) is 5.07. The Kier molecular flexibility index (Phi) is 6.76. The van der Waals surface area contributed by atoms with Gasteiger partial charge in [-0.3, -0.25) is 0 Å². The minimum absolute atomic E-state index is 0.329. The maximum absolute atomic E-state index is 6.03. The average molecular weight is 250 g/mol. The van der Waals surface area contributed by atoms with Gasteiger partial charge in [-0.25, -0.2) is 0 Å². The third-order valence-electron chi connectivity index (χ3n) is 3.17. The van der Waals surface area contributed by atoms with Crippen LogP contribution in [-0.2, 0) is 6.54 Å². The fraction of sp³-hybridized carbons (Fsp3) is 0.600. The van der Waals surface area contributed by atoms with Crippen LogP contribution in [0.25, 0.3) is 0 Å². The number of rotatable bonds is 8. The maximum Gasteiger partial charge on any atom is 0.123 e. The van der Waals surface area contributed by atoms with Crippen LogP contribution in [0.2, 0.25) is 0 Å². The van der Waals surface area contributed by atoms with Crippen molar-refractivity contribution in [2.45, 2.75) is 38.8 Å². The van der Waals surface area contributed by atoms with Gasteiger partial charge in [-0.15, -0.1) is 0 Å². The van der Waals surface area contributed by atoms with Crippen molar-refractivity contribution in [2.75, 3.05) is 20.7 Å². The lowest BCUT2D eigenvalue weighted by Crippen LogP contribution is -2.27. The van der Waals surface area contributed by atoms with Crippen LogP contribution in [-0.4, -0.2) is 31.6 Å². The van der Waals surface area contributed by atoms with Crippen LogP contribution in [0.15, 0.2) is 24.3 Å². The van der Waals surface area contributed by atoms with E-state index in [0.717, 1.165) is 38.1 Å². The first-order valence-electron chi connectivity index (χ1n) is 6.73. The molecule has 102 valence electrons. The summed E-state index contributed by atoms with van der Waals surface area (Å²) in [4.78, 5) is 2.30. The topological polar surface area (TPSA) is 38.5 Å². The predicted octanol–water partition coefficient (Wildman–Crippen LogP) is 2.64. The van der Waals surface area contributed by atoms with E-state index in [1.54, 1.807) is 7.11 Å². The van der Waals surface area contributed by atoms with Gasteiger partial charge in [0, 0.05) is 18.2 Å². The van der Waals surface area contributed by atoms with Crippen molar-refractivity contribution in [1.29, 1.82) is 0 Å². The summed E-state index contributed by atoms with van der Waals surface area (Å²) in [7, 11) is 3.85. The Balaban J connectivity index is 2.41. The summed E-state index contributed by atoms with van der Waals surface area (Å²) in [6, 6.07) is 8.50. The molecule has 1 unspecified atom stereocenters. The Hall–Kier alpha value is -1.06. The van der Waals surface area contributed by atoms with E-state index in [1.807, 2.05) is 12.1 Å². The fourth-order valence-corrected chi connectivity index (χ4v) is 2.10. The summed E-state index contributed by atoms with van der Waals surface area (Å²) in [5.74, 6) is 0.960. The van der Waals surface area contributed by atoms with Crippen molar-refractivity contribution < 1.29 is 4.74 Å². The first-order valence-corrected chi connectivity index (χ1v) is 6.73. The van der Waals surface area contributed by atoms with Crippen molar-refractivity contribution in [3.05, 3.63) is 29.8 Å². The Labute approximate surface area is 111 Å². The number of hydrogen-bond acceptors (Lipinski definition) is 3. The fourth-order valence-electron chi connectivity index (χ4n) is 2.10. The number of ether oxygens (including phenoxy) is 1. The molecule has 0 fully saturated rings. The minimum atomic E-state index is 0.329. The highest BCUT2D eigenvalue weighted by atomic mass is 16.5. The molecule has 0 aliphatic heterocycles. The second-order valence-electron chi connectivity index (χ2n) is 4.89. The highest BCUT2D eigenvalue weighted by molar-refractivity contribution is 5.32. The molecule has 0 radical (unpaired) electrons. The van der Waals surface area contributed by atoms with Gasteiger partial charge in [0.1, 0.15) is 5.75 Å². The highest BCUT2D eigenvalue weighted by Gasteiger charge is 2.07. The van der Waals surface area contributed by atoms with Crippen LogP contribution >= 0.6 is 0 Å². The lowest BCUT2D eigenvalue weighted by Gasteiger charge is -2.20. The minimum Gasteiger partial charge on any atom is -0.496 e. The Morgan fingerprint density at radius 1 is 1.28 bits per heavy atom. The van der Waals surface area contributed by atoms with Crippen molar-refractivity contribution in [3.8, 4) is 5.75 Å². The molecule has 0 amide bonds. The van der Waals surface area contributed by atoms with Crippen LogP contribution < -0.4 is 10.5 Å². The quantitative estimate of drug-likeness (QED) is 0.771. The number of hydrogen-bond donors (Lipinski definition) is 1. The largest absolute Gasteiger partial charge is 0.496 e. The van der Waals surface area contributed by atoms with E-state index < -0.39 is 0 Å². The number of benzene rings is 1. The highest BCUT2D eigenvalue weighted by Crippen LogP contribution is 2.18. The molecule has 0 saturated carbocycles. The molecule has 2 N–H and O–H groups in total. The summed E-state index contributed by atoms with van der Waals surface area (Å²) >= 11 is 0. The first-order chi connectivity index (χ1) is 8.67. The Morgan fingerprint density at radius 3 is 2.67 bits per heavy atom. The molecular formula is C15H26N2O. The van der Waals surface area contributed by atoms with E-state index in [1.165, 1.54) is 5.56 Å². The van der Waals surface area contributed by atoms with Gasteiger partial charge in [-0.05, 0) is 32.5 Å². The van der Waals surface area contributed by atoms with Crippen LogP contribution in [0.1, 0.15) is 31.7 Å². The van der Waals surface area contributed by atoms with Crippen LogP contribution in [0.4, 0.5) is 0 Å². The third-order valence-corrected chi connectivity index (χ3v) is 3.17. The average Bonchev–Trinajstić information content (AvgIpc) is 2.37. The standard InChI is InChI=1S/C15H26N2O/c1-4-7-14(16)10-11-17(2)12-13-8-5-6-9-15(13)18-3/h5-6,8-9,14H,4,7,10-12,16H2,1-3H3. The molecule has 1 aromatic carbocycles. The zero-order valence-electron chi connectivity index (χ0n) is 11.9. The lowest BCUT2D eigenvalue weighted by atomic mass is 10.1. The van der Waals surface area contributed by atoms with Crippen LogP contribution in [0, 0.1) is 0 Å². The van der Waals surface area contributed by atoms with Gasteiger partial charge in [-0.1, -0.05) is 31.5 Å². The monoisotopic (exact) mass is 250 g/mol. The van der Waals surface area contributed by atoms with E-state index in [0.29, 0.717) is 6.04 Å². The SMILES string of the molecule is CCCC(N)CCN(C)Cc1ccccc1OC. The second-order valence-corrected chi connectivity index (χ2v) is 4.89. The Bertz CT molecular complexity index is 341. The molecule has 1 aromatic rings. The van der Waals surface area contributed by atoms with E-state index in [4.69, 9.17) is 10.5 Å². The van der Waals surface area contributed by atoms with Crippen LogP contribution in [0.5, 0.6) is 5.75 Å². The molecule has 0 spiro atoms. The zero-order chi connectivity index (χ0) is 13.4. The number of methoxy groups -OCH3 is 1. The summed E-state index contributed by atoms with van der Waals surface area (Å²) in [6.45, 7) is 4.11. The predicted molar refractivity (Wildman–Crippen MR) is 76.8 cm³/mol. The zero-order valence-corrected chi connectivity index (χ0v) is 11.9. The van der Waals surface area contributed by atoms with Crippen molar-refractivity contribution in [1.82, 2.24) is 4.90 Å². The van der Waals surface area contributed by atoms with Gasteiger partial charge in [0.25, 0.3) is 0 Å². The van der Waals surface area contributed by atoms with Gasteiger partial charge in [0.05, 0.1) is 7.11 Å². The first kappa shape index (κ1) is 15.0. The van der Waals surface area contributed by atoms with Crippen molar-refractivity contribution in [2.24, 2.45) is 5.73 Å². The molecule has 18 heavy (non-hydrogen) atoms. The normalized spacial score (nSPS) is 12.7. The van der Waals surface area contributed by atoms with Gasteiger partial charge < -0.3 is 15.4 Å². The molecular weight excluding hydrogens is 224 g/mol. The van der Waals surface area contributed by atoms with E-state index in [-0.39, 0.29) is 0 Å². The summed E-state index contributed by atoms with van der Waals surface area (Å²) in [6.07, 6.45) is 3.33. The van der Waals surface area contributed by atoms with Crippen LogP contribution in [0.3, 0.4) is 0 Å². The van der Waals surface area contributed by atoms with E-state index >= 15 is 0 Å². The van der Waals surface area contributed by atoms with E-state index in [2.05, 4.69) is 31.0 Å². The molecule has 1 rings (SSSR count). The molecule has 3 nitrogen and oxygen atoms in total.